The lowest BCUT2D eigenvalue weighted by Gasteiger charge is -2.35. The van der Waals surface area contributed by atoms with Crippen molar-refractivity contribution in [3.63, 3.8) is 0 Å². The third-order valence-corrected chi connectivity index (χ3v) is 13.6. The summed E-state index contributed by atoms with van der Waals surface area (Å²) in [7, 11) is 8.46. The molecule has 2 saturated carbocycles. The van der Waals surface area contributed by atoms with E-state index >= 15 is 0 Å². The van der Waals surface area contributed by atoms with Crippen molar-refractivity contribution >= 4 is 59.5 Å². The minimum atomic E-state index is -0.246. The summed E-state index contributed by atoms with van der Waals surface area (Å²) in [6.45, 7) is 7.79. The molecular weight excluding hydrogens is 846 g/mol. The van der Waals surface area contributed by atoms with Crippen molar-refractivity contribution in [3.8, 4) is 0 Å². The molecule has 2 aliphatic heterocycles. The number of aryl methyl sites for hydroxylation is 2. The van der Waals surface area contributed by atoms with Crippen LogP contribution in [0.2, 0.25) is 0 Å². The standard InChI is InChI=1S/2C24H36FN7.ClH/c2*1-17-10-11-19(16-21(17)25)27-23-28-22(26-18-8-6-4-5-7-9-18)29-24(30-23)32(3)20-12-14-31(2)15-13-20;/h2*10-11,16,18,20H,4-9,12-15H2,1-3H3,(H2,26,27,28,29,30);1H. The summed E-state index contributed by atoms with van der Waals surface area (Å²) < 4.78 is 28.1. The van der Waals surface area contributed by atoms with E-state index in [1.54, 1.807) is 26.0 Å². The second-order valence-electron chi connectivity index (χ2n) is 18.7. The molecule has 356 valence electrons. The van der Waals surface area contributed by atoms with Gasteiger partial charge >= 0.3 is 0 Å². The Morgan fingerprint density at radius 1 is 0.492 bits per heavy atom. The van der Waals surface area contributed by atoms with Gasteiger partial charge in [-0.05, 0) is 141 Å². The van der Waals surface area contributed by atoms with Crippen LogP contribution in [0, 0.1) is 25.5 Å². The van der Waals surface area contributed by atoms with E-state index in [0.717, 1.165) is 77.5 Å². The molecule has 0 amide bonds. The van der Waals surface area contributed by atoms with Crippen LogP contribution in [0.15, 0.2) is 36.4 Å². The molecule has 0 spiro atoms. The number of aromatic nitrogens is 6. The average Bonchev–Trinajstić information content (AvgIpc) is 3.71. The van der Waals surface area contributed by atoms with Crippen LogP contribution < -0.4 is 31.1 Å². The number of rotatable bonds is 12. The number of likely N-dealkylation sites (tertiary alicyclic amines) is 2. The van der Waals surface area contributed by atoms with Crippen LogP contribution in [-0.4, -0.2) is 118 Å². The highest BCUT2D eigenvalue weighted by Crippen LogP contribution is 2.28. The Bertz CT molecular complexity index is 1930. The minimum Gasteiger partial charge on any atom is -0.351 e. The summed E-state index contributed by atoms with van der Waals surface area (Å²) in [6.07, 6.45) is 19.0. The van der Waals surface area contributed by atoms with Crippen molar-refractivity contribution in [3.05, 3.63) is 59.2 Å². The number of benzene rings is 2. The molecule has 14 nitrogen and oxygen atoms in total. The van der Waals surface area contributed by atoms with E-state index < -0.39 is 0 Å². The Morgan fingerprint density at radius 2 is 0.831 bits per heavy atom. The van der Waals surface area contributed by atoms with Crippen LogP contribution in [0.25, 0.3) is 0 Å². The molecule has 17 heteroatoms. The van der Waals surface area contributed by atoms with Crippen molar-refractivity contribution in [2.24, 2.45) is 0 Å². The summed E-state index contributed by atoms with van der Waals surface area (Å²) in [6, 6.07) is 11.7. The molecule has 2 aliphatic carbocycles. The highest BCUT2D eigenvalue weighted by molar-refractivity contribution is 5.85. The van der Waals surface area contributed by atoms with Gasteiger partial charge in [0, 0.05) is 49.6 Å². The van der Waals surface area contributed by atoms with Gasteiger partial charge in [-0.2, -0.15) is 29.9 Å². The fourth-order valence-electron chi connectivity index (χ4n) is 9.19. The Morgan fingerprint density at radius 3 is 1.17 bits per heavy atom. The van der Waals surface area contributed by atoms with Crippen LogP contribution in [0.4, 0.5) is 55.8 Å². The Hall–Kier alpha value is -4.67. The summed E-state index contributed by atoms with van der Waals surface area (Å²) in [4.78, 5) is 37.3. The highest BCUT2D eigenvalue weighted by Gasteiger charge is 2.26. The molecule has 0 atom stereocenters. The Kier molecular flexibility index (Phi) is 18.5. The molecular formula is C48H73ClF2N14. The second kappa shape index (κ2) is 24.2. The molecule has 2 aromatic carbocycles. The van der Waals surface area contributed by atoms with Crippen molar-refractivity contribution < 1.29 is 8.78 Å². The van der Waals surface area contributed by atoms with Gasteiger partial charge in [0.2, 0.25) is 35.7 Å². The largest absolute Gasteiger partial charge is 0.351 e. The number of nitrogens with one attached hydrogen (secondary N) is 4. The number of anilines is 8. The molecule has 4 N–H and O–H groups in total. The van der Waals surface area contributed by atoms with Crippen LogP contribution >= 0.6 is 12.4 Å². The number of hydrogen-bond acceptors (Lipinski definition) is 14. The van der Waals surface area contributed by atoms with Gasteiger partial charge in [-0.25, -0.2) is 8.78 Å². The Labute approximate surface area is 392 Å². The van der Waals surface area contributed by atoms with E-state index in [9.17, 15) is 8.78 Å². The predicted molar refractivity (Wildman–Crippen MR) is 264 cm³/mol. The van der Waals surface area contributed by atoms with Gasteiger partial charge in [0.1, 0.15) is 11.6 Å². The van der Waals surface area contributed by atoms with E-state index in [2.05, 4.69) is 79.0 Å². The maximum atomic E-state index is 14.1. The van der Waals surface area contributed by atoms with E-state index in [0.29, 0.717) is 82.4 Å². The molecule has 0 radical (unpaired) electrons. The molecule has 4 aliphatic rings. The van der Waals surface area contributed by atoms with Crippen LogP contribution in [0.1, 0.15) is 114 Å². The summed E-state index contributed by atoms with van der Waals surface area (Å²) >= 11 is 0. The van der Waals surface area contributed by atoms with Gasteiger partial charge in [0.05, 0.1) is 0 Å². The summed E-state index contributed by atoms with van der Waals surface area (Å²) in [5.74, 6) is 2.88. The first-order valence-corrected chi connectivity index (χ1v) is 23.9. The van der Waals surface area contributed by atoms with Gasteiger partial charge in [-0.3, -0.25) is 0 Å². The molecule has 4 heterocycles. The lowest BCUT2D eigenvalue weighted by atomic mass is 10.0. The lowest BCUT2D eigenvalue weighted by molar-refractivity contribution is 0.252. The van der Waals surface area contributed by atoms with Gasteiger partial charge in [-0.15, -0.1) is 12.4 Å². The molecule has 0 unspecified atom stereocenters. The quantitative estimate of drug-likeness (QED) is 0.100. The smallest absolute Gasteiger partial charge is 0.233 e. The van der Waals surface area contributed by atoms with E-state index in [-0.39, 0.29) is 24.0 Å². The number of hydrogen-bond donors (Lipinski definition) is 4. The van der Waals surface area contributed by atoms with E-state index in [1.165, 1.54) is 63.5 Å². The van der Waals surface area contributed by atoms with Crippen molar-refractivity contribution in [1.29, 1.82) is 0 Å². The topological polar surface area (TPSA) is 138 Å². The highest BCUT2D eigenvalue weighted by atomic mass is 35.5. The van der Waals surface area contributed by atoms with Crippen molar-refractivity contribution in [2.45, 2.75) is 141 Å². The minimum absolute atomic E-state index is 0. The first-order chi connectivity index (χ1) is 30.9. The van der Waals surface area contributed by atoms with Crippen LogP contribution in [-0.2, 0) is 0 Å². The second-order valence-corrected chi connectivity index (χ2v) is 18.7. The molecule has 8 rings (SSSR count). The van der Waals surface area contributed by atoms with Crippen molar-refractivity contribution in [1.82, 2.24) is 39.7 Å². The average molecular weight is 920 g/mol. The van der Waals surface area contributed by atoms with Gasteiger partial charge in [0.15, 0.2) is 0 Å². The maximum absolute atomic E-state index is 14.1. The number of halogens is 3. The van der Waals surface area contributed by atoms with E-state index in [1.807, 2.05) is 12.1 Å². The molecule has 2 aromatic heterocycles. The first kappa shape index (κ1) is 49.8. The van der Waals surface area contributed by atoms with Gasteiger partial charge in [0.25, 0.3) is 0 Å². The molecule has 0 bridgehead atoms. The fourth-order valence-corrected chi connectivity index (χ4v) is 9.19. The maximum Gasteiger partial charge on any atom is 0.233 e. The normalized spacial score (nSPS) is 18.6. The summed E-state index contributed by atoms with van der Waals surface area (Å²) in [5.41, 5.74) is 2.49. The van der Waals surface area contributed by atoms with Gasteiger partial charge < -0.3 is 40.9 Å². The molecule has 4 aromatic rings. The third-order valence-electron chi connectivity index (χ3n) is 13.6. The lowest BCUT2D eigenvalue weighted by Crippen LogP contribution is -2.42. The predicted octanol–water partition coefficient (Wildman–Crippen LogP) is 9.88. The molecule has 65 heavy (non-hydrogen) atoms. The fraction of sp³-hybridized carbons (Fsp3) is 0.625. The van der Waals surface area contributed by atoms with Crippen molar-refractivity contribution in [2.75, 3.05) is 85.4 Å². The van der Waals surface area contributed by atoms with Crippen LogP contribution in [0.5, 0.6) is 0 Å². The van der Waals surface area contributed by atoms with Crippen LogP contribution in [0.3, 0.4) is 0 Å². The number of nitrogens with zero attached hydrogens (tertiary/aromatic N) is 10. The zero-order valence-corrected chi connectivity index (χ0v) is 40.4. The molecule has 4 fully saturated rings. The molecule has 2 saturated heterocycles. The van der Waals surface area contributed by atoms with E-state index in [4.69, 9.17) is 19.9 Å². The zero-order valence-electron chi connectivity index (χ0n) is 39.6. The Balaban J connectivity index is 0.000000212. The SMILES string of the molecule is Cc1ccc(Nc2nc(NC3CCCCCC3)nc(N(C)C3CCN(C)CC3)n2)cc1F.Cc1ccc(Nc2nc(NC3CCCCCC3)nc(N(C)C3CCN(C)CC3)n2)cc1F.Cl. The van der Waals surface area contributed by atoms with Gasteiger partial charge in [-0.1, -0.05) is 63.5 Å². The summed E-state index contributed by atoms with van der Waals surface area (Å²) in [5, 5.41) is 13.5. The monoisotopic (exact) mass is 919 g/mol. The zero-order chi connectivity index (χ0) is 45.0. The number of piperidine rings is 2. The first-order valence-electron chi connectivity index (χ1n) is 23.9. The third kappa shape index (κ3) is 14.7.